The molecule has 2 aliphatic rings. The first-order chi connectivity index (χ1) is 7.65. The molecule has 1 amide bonds. The minimum atomic E-state index is 0. The third kappa shape index (κ3) is 3.85. The van der Waals surface area contributed by atoms with Gasteiger partial charge in [0.15, 0.2) is 0 Å². The van der Waals surface area contributed by atoms with E-state index in [0.29, 0.717) is 11.5 Å². The zero-order valence-corrected chi connectivity index (χ0v) is 11.8. The molecule has 4 heteroatoms. The van der Waals surface area contributed by atoms with Gasteiger partial charge in [-0.3, -0.25) is 4.79 Å². The van der Waals surface area contributed by atoms with Gasteiger partial charge in [0.25, 0.3) is 0 Å². The lowest BCUT2D eigenvalue weighted by molar-refractivity contribution is -0.129. The molecule has 0 aromatic rings. The molecule has 2 fully saturated rings. The highest BCUT2D eigenvalue weighted by Gasteiger charge is 2.40. The van der Waals surface area contributed by atoms with Gasteiger partial charge in [0.05, 0.1) is 0 Å². The monoisotopic (exact) mass is 260 g/mol. The van der Waals surface area contributed by atoms with E-state index in [1.165, 1.54) is 25.8 Å². The molecule has 1 N–H and O–H groups in total. The van der Waals surface area contributed by atoms with Gasteiger partial charge in [0.2, 0.25) is 5.91 Å². The summed E-state index contributed by atoms with van der Waals surface area (Å²) in [6.07, 6.45) is 6.37. The molecule has 100 valence electrons. The van der Waals surface area contributed by atoms with Crippen molar-refractivity contribution < 1.29 is 4.79 Å². The lowest BCUT2D eigenvalue weighted by Crippen LogP contribution is -2.45. The van der Waals surface area contributed by atoms with Crippen molar-refractivity contribution >= 4 is 18.3 Å². The molecule has 1 heterocycles. The van der Waals surface area contributed by atoms with Gasteiger partial charge < -0.3 is 10.2 Å². The van der Waals surface area contributed by atoms with Crippen molar-refractivity contribution in [2.24, 2.45) is 5.41 Å². The van der Waals surface area contributed by atoms with E-state index >= 15 is 0 Å². The summed E-state index contributed by atoms with van der Waals surface area (Å²) in [6.45, 7) is 7.03. The van der Waals surface area contributed by atoms with Crippen molar-refractivity contribution in [1.29, 1.82) is 0 Å². The lowest BCUT2D eigenvalue weighted by atomic mass is 10.0. The van der Waals surface area contributed by atoms with Crippen LogP contribution >= 0.6 is 12.4 Å². The first-order valence-electron chi connectivity index (χ1n) is 6.64. The van der Waals surface area contributed by atoms with Gasteiger partial charge in [-0.1, -0.05) is 6.92 Å². The third-order valence-corrected chi connectivity index (χ3v) is 4.41. The molecule has 0 atom stereocenters. The van der Waals surface area contributed by atoms with E-state index in [4.69, 9.17) is 0 Å². The number of likely N-dealkylation sites (tertiary alicyclic amines) is 1. The van der Waals surface area contributed by atoms with Gasteiger partial charge in [-0.25, -0.2) is 0 Å². The van der Waals surface area contributed by atoms with Crippen LogP contribution < -0.4 is 5.32 Å². The Morgan fingerprint density at radius 3 is 2.35 bits per heavy atom. The maximum absolute atomic E-state index is 11.2. The summed E-state index contributed by atoms with van der Waals surface area (Å²) in [6, 6.07) is 0.639. The Bertz CT molecular complexity index is 258. The number of hydrogen-bond donors (Lipinski definition) is 1. The van der Waals surface area contributed by atoms with Crippen LogP contribution in [0.1, 0.15) is 46.0 Å². The molecule has 0 bridgehead atoms. The van der Waals surface area contributed by atoms with Crippen molar-refractivity contribution in [3.05, 3.63) is 0 Å². The molecule has 1 saturated carbocycles. The summed E-state index contributed by atoms with van der Waals surface area (Å²) < 4.78 is 0. The number of piperidine rings is 1. The van der Waals surface area contributed by atoms with Crippen LogP contribution in [0.25, 0.3) is 0 Å². The van der Waals surface area contributed by atoms with Gasteiger partial charge in [-0.2, -0.15) is 0 Å². The second-order valence-corrected chi connectivity index (χ2v) is 5.51. The summed E-state index contributed by atoms with van der Waals surface area (Å²) >= 11 is 0. The summed E-state index contributed by atoms with van der Waals surface area (Å²) in [5.41, 5.74) is 0.637. The number of carbonyl (C=O) groups is 1. The summed E-state index contributed by atoms with van der Waals surface area (Å²) in [4.78, 5) is 13.1. The van der Waals surface area contributed by atoms with Gasteiger partial charge in [0, 0.05) is 32.6 Å². The van der Waals surface area contributed by atoms with Crippen LogP contribution in [-0.4, -0.2) is 36.5 Å². The second-order valence-electron chi connectivity index (χ2n) is 5.51. The molecule has 2 rings (SSSR count). The average molecular weight is 261 g/mol. The van der Waals surface area contributed by atoms with E-state index in [1.54, 1.807) is 6.92 Å². The average Bonchev–Trinajstić information content (AvgIpc) is 3.08. The molecule has 0 radical (unpaired) electrons. The minimum absolute atomic E-state index is 0. The molecule has 0 spiro atoms. The Morgan fingerprint density at radius 2 is 1.94 bits per heavy atom. The third-order valence-electron chi connectivity index (χ3n) is 4.41. The molecular formula is C13H25ClN2O. The van der Waals surface area contributed by atoms with E-state index in [9.17, 15) is 4.79 Å². The van der Waals surface area contributed by atoms with Crippen LogP contribution in [-0.2, 0) is 4.79 Å². The molecule has 1 aliphatic heterocycles. The van der Waals surface area contributed by atoms with Crippen molar-refractivity contribution in [2.75, 3.05) is 19.6 Å². The number of amides is 1. The van der Waals surface area contributed by atoms with Crippen LogP contribution in [0.15, 0.2) is 0 Å². The smallest absolute Gasteiger partial charge is 0.219 e. The van der Waals surface area contributed by atoms with Gasteiger partial charge in [0.1, 0.15) is 0 Å². The fourth-order valence-electron chi connectivity index (χ4n) is 2.59. The SMILES string of the molecule is CCC1(CNC2CCN(C(C)=O)CC2)CC1.Cl. The lowest BCUT2D eigenvalue weighted by Gasteiger charge is -2.32. The van der Waals surface area contributed by atoms with Gasteiger partial charge >= 0.3 is 0 Å². The van der Waals surface area contributed by atoms with Crippen LogP contribution in [0, 0.1) is 5.41 Å². The van der Waals surface area contributed by atoms with Crippen LogP contribution in [0.2, 0.25) is 0 Å². The number of carbonyl (C=O) groups excluding carboxylic acids is 1. The molecule has 0 unspecified atom stereocenters. The van der Waals surface area contributed by atoms with E-state index in [-0.39, 0.29) is 18.3 Å². The number of halogens is 1. The number of nitrogens with zero attached hydrogens (tertiary/aromatic N) is 1. The van der Waals surface area contributed by atoms with Crippen molar-refractivity contribution in [3.8, 4) is 0 Å². The Hall–Kier alpha value is -0.280. The Labute approximate surface area is 111 Å². The zero-order valence-electron chi connectivity index (χ0n) is 11.0. The first kappa shape index (κ1) is 14.8. The standard InChI is InChI=1S/C13H24N2O.ClH/c1-3-13(6-7-13)10-14-12-4-8-15(9-5-12)11(2)16;/h12,14H,3-10H2,1-2H3;1H. The molecule has 1 aliphatic carbocycles. The van der Waals surface area contributed by atoms with Crippen LogP contribution in [0.3, 0.4) is 0 Å². The minimum Gasteiger partial charge on any atom is -0.343 e. The molecular weight excluding hydrogens is 236 g/mol. The van der Waals surface area contributed by atoms with E-state index in [0.717, 1.165) is 25.9 Å². The van der Waals surface area contributed by atoms with Crippen LogP contribution in [0.4, 0.5) is 0 Å². The predicted octanol–water partition coefficient (Wildman–Crippen LogP) is 2.20. The largest absolute Gasteiger partial charge is 0.343 e. The normalized spacial score (nSPS) is 23.1. The van der Waals surface area contributed by atoms with Gasteiger partial charge in [-0.15, -0.1) is 12.4 Å². The van der Waals surface area contributed by atoms with Gasteiger partial charge in [-0.05, 0) is 37.5 Å². The molecule has 17 heavy (non-hydrogen) atoms. The number of nitrogens with one attached hydrogen (secondary N) is 1. The quantitative estimate of drug-likeness (QED) is 0.841. The maximum Gasteiger partial charge on any atom is 0.219 e. The first-order valence-corrected chi connectivity index (χ1v) is 6.64. The Morgan fingerprint density at radius 1 is 1.35 bits per heavy atom. The predicted molar refractivity (Wildman–Crippen MR) is 72.5 cm³/mol. The zero-order chi connectivity index (χ0) is 11.6. The fourth-order valence-corrected chi connectivity index (χ4v) is 2.59. The highest BCUT2D eigenvalue weighted by atomic mass is 35.5. The molecule has 3 nitrogen and oxygen atoms in total. The number of rotatable bonds is 4. The molecule has 0 aromatic carbocycles. The summed E-state index contributed by atoms with van der Waals surface area (Å²) in [5, 5.41) is 3.70. The van der Waals surface area contributed by atoms with E-state index in [1.807, 2.05) is 4.90 Å². The van der Waals surface area contributed by atoms with Crippen LogP contribution in [0.5, 0.6) is 0 Å². The van der Waals surface area contributed by atoms with Crippen molar-refractivity contribution in [2.45, 2.75) is 52.0 Å². The topological polar surface area (TPSA) is 32.3 Å². The van der Waals surface area contributed by atoms with Crippen molar-refractivity contribution in [3.63, 3.8) is 0 Å². The second kappa shape index (κ2) is 6.05. The fraction of sp³-hybridized carbons (Fsp3) is 0.923. The van der Waals surface area contributed by atoms with Crippen molar-refractivity contribution in [1.82, 2.24) is 10.2 Å². The molecule has 1 saturated heterocycles. The van der Waals surface area contributed by atoms with E-state index < -0.39 is 0 Å². The molecule has 0 aromatic heterocycles. The summed E-state index contributed by atoms with van der Waals surface area (Å²) in [5.74, 6) is 0.227. The Balaban J connectivity index is 0.00000144. The van der Waals surface area contributed by atoms with E-state index in [2.05, 4.69) is 12.2 Å². The highest BCUT2D eigenvalue weighted by molar-refractivity contribution is 5.85. The summed E-state index contributed by atoms with van der Waals surface area (Å²) in [7, 11) is 0. The Kier molecular flexibility index (Phi) is 5.26. The maximum atomic E-state index is 11.2. The highest BCUT2D eigenvalue weighted by Crippen LogP contribution is 2.48. The number of hydrogen-bond acceptors (Lipinski definition) is 2.